The van der Waals surface area contributed by atoms with Gasteiger partial charge in [-0.1, -0.05) is 32.0 Å². The molecular weight excluding hydrogens is 254 g/mol. The number of ether oxygens (including phenoxy) is 2. The zero-order chi connectivity index (χ0) is 14.3. The lowest BCUT2D eigenvalue weighted by atomic mass is 10.0. The van der Waals surface area contributed by atoms with Crippen LogP contribution in [0.1, 0.15) is 31.4 Å². The quantitative estimate of drug-likeness (QED) is 0.851. The Kier molecular flexibility index (Phi) is 3.30. The fourth-order valence-electron chi connectivity index (χ4n) is 2.97. The smallest absolute Gasteiger partial charge is 0.292 e. The molecule has 1 amide bonds. The standard InChI is InChI=1S/C16H21NO3/c1-11(2)7-8-17-14-12(3)5-4-6-13(14)16(15(17)18)19-9-10-20-16/h4-6,11H,7-10H2,1-3H3. The van der Waals surface area contributed by atoms with Crippen LogP contribution in [0.5, 0.6) is 0 Å². The highest BCUT2D eigenvalue weighted by molar-refractivity contribution is 6.07. The Balaban J connectivity index is 2.04. The summed E-state index contributed by atoms with van der Waals surface area (Å²) in [5, 5.41) is 0. The topological polar surface area (TPSA) is 38.8 Å². The number of para-hydroxylation sites is 1. The van der Waals surface area contributed by atoms with Crippen LogP contribution in [0, 0.1) is 12.8 Å². The molecule has 0 radical (unpaired) electrons. The first-order valence-corrected chi connectivity index (χ1v) is 7.26. The summed E-state index contributed by atoms with van der Waals surface area (Å²) in [6.45, 7) is 8.01. The van der Waals surface area contributed by atoms with Gasteiger partial charge < -0.3 is 14.4 Å². The molecule has 0 saturated carbocycles. The van der Waals surface area contributed by atoms with Crippen LogP contribution in [-0.2, 0) is 20.1 Å². The van der Waals surface area contributed by atoms with Gasteiger partial charge in [-0.15, -0.1) is 0 Å². The number of anilines is 1. The Bertz CT molecular complexity index is 533. The van der Waals surface area contributed by atoms with Gasteiger partial charge in [0, 0.05) is 12.1 Å². The summed E-state index contributed by atoms with van der Waals surface area (Å²) in [5.41, 5.74) is 2.93. The molecule has 1 saturated heterocycles. The molecular formula is C16H21NO3. The molecule has 0 aliphatic carbocycles. The van der Waals surface area contributed by atoms with E-state index in [1.807, 2.05) is 30.0 Å². The number of aryl methyl sites for hydroxylation is 1. The van der Waals surface area contributed by atoms with Crippen molar-refractivity contribution in [2.24, 2.45) is 5.92 Å². The molecule has 0 N–H and O–H groups in total. The van der Waals surface area contributed by atoms with Crippen LogP contribution in [-0.4, -0.2) is 25.7 Å². The number of carbonyl (C=O) groups excluding carboxylic acids is 1. The average Bonchev–Trinajstić information content (AvgIpc) is 2.97. The molecule has 1 fully saturated rings. The maximum absolute atomic E-state index is 12.8. The van der Waals surface area contributed by atoms with Gasteiger partial charge in [0.1, 0.15) is 0 Å². The average molecular weight is 275 g/mol. The Morgan fingerprint density at radius 2 is 2.00 bits per heavy atom. The summed E-state index contributed by atoms with van der Waals surface area (Å²) in [6.07, 6.45) is 0.968. The predicted molar refractivity (Wildman–Crippen MR) is 76.6 cm³/mol. The SMILES string of the molecule is Cc1cccc2c1N(CCC(C)C)C(=O)C21OCCO1. The third-order valence-electron chi connectivity index (χ3n) is 4.01. The minimum Gasteiger partial charge on any atom is -0.336 e. The largest absolute Gasteiger partial charge is 0.336 e. The van der Waals surface area contributed by atoms with E-state index in [9.17, 15) is 4.79 Å². The second-order valence-corrected chi connectivity index (χ2v) is 5.92. The number of benzene rings is 1. The van der Waals surface area contributed by atoms with E-state index < -0.39 is 5.79 Å². The van der Waals surface area contributed by atoms with E-state index in [0.29, 0.717) is 25.7 Å². The molecule has 4 nitrogen and oxygen atoms in total. The number of carbonyl (C=O) groups is 1. The highest BCUT2D eigenvalue weighted by atomic mass is 16.7. The number of amides is 1. The van der Waals surface area contributed by atoms with Crippen LogP contribution in [0.25, 0.3) is 0 Å². The number of rotatable bonds is 3. The van der Waals surface area contributed by atoms with E-state index in [1.165, 1.54) is 0 Å². The first-order chi connectivity index (χ1) is 9.56. The van der Waals surface area contributed by atoms with Crippen molar-refractivity contribution in [1.82, 2.24) is 0 Å². The molecule has 2 heterocycles. The van der Waals surface area contributed by atoms with Crippen molar-refractivity contribution >= 4 is 11.6 Å². The zero-order valence-electron chi connectivity index (χ0n) is 12.3. The minimum absolute atomic E-state index is 0.0695. The van der Waals surface area contributed by atoms with E-state index in [1.54, 1.807) is 0 Å². The van der Waals surface area contributed by atoms with Gasteiger partial charge in [-0.05, 0) is 24.8 Å². The van der Waals surface area contributed by atoms with Gasteiger partial charge in [0.05, 0.1) is 18.9 Å². The van der Waals surface area contributed by atoms with Crippen molar-refractivity contribution in [2.75, 3.05) is 24.7 Å². The van der Waals surface area contributed by atoms with Gasteiger partial charge in [-0.25, -0.2) is 0 Å². The molecule has 0 bridgehead atoms. The maximum atomic E-state index is 12.8. The van der Waals surface area contributed by atoms with Gasteiger partial charge in [0.25, 0.3) is 11.7 Å². The molecule has 0 atom stereocenters. The van der Waals surface area contributed by atoms with Crippen molar-refractivity contribution in [3.63, 3.8) is 0 Å². The van der Waals surface area contributed by atoms with Crippen LogP contribution in [0.2, 0.25) is 0 Å². The second kappa shape index (κ2) is 4.86. The molecule has 0 aromatic heterocycles. The molecule has 20 heavy (non-hydrogen) atoms. The van der Waals surface area contributed by atoms with E-state index in [2.05, 4.69) is 13.8 Å². The van der Waals surface area contributed by atoms with E-state index in [0.717, 1.165) is 23.2 Å². The van der Waals surface area contributed by atoms with Gasteiger partial charge in [-0.2, -0.15) is 0 Å². The van der Waals surface area contributed by atoms with Crippen molar-refractivity contribution in [1.29, 1.82) is 0 Å². The molecule has 1 aromatic carbocycles. The molecule has 0 unspecified atom stereocenters. The molecule has 108 valence electrons. The Morgan fingerprint density at radius 1 is 1.30 bits per heavy atom. The molecule has 2 aliphatic rings. The third-order valence-corrected chi connectivity index (χ3v) is 4.01. The summed E-state index contributed by atoms with van der Waals surface area (Å²) in [5.74, 6) is -0.699. The first kappa shape index (κ1) is 13.6. The summed E-state index contributed by atoms with van der Waals surface area (Å²) in [6, 6.07) is 5.93. The third kappa shape index (κ3) is 1.86. The first-order valence-electron chi connectivity index (χ1n) is 7.26. The lowest BCUT2D eigenvalue weighted by Crippen LogP contribution is -2.41. The maximum Gasteiger partial charge on any atom is 0.292 e. The normalized spacial score (nSPS) is 20.2. The van der Waals surface area contributed by atoms with Crippen LogP contribution < -0.4 is 4.90 Å². The minimum atomic E-state index is -1.18. The highest BCUT2D eigenvalue weighted by Gasteiger charge is 2.56. The zero-order valence-corrected chi connectivity index (χ0v) is 12.3. The predicted octanol–water partition coefficient (Wildman–Crippen LogP) is 2.59. The molecule has 3 rings (SSSR count). The van der Waals surface area contributed by atoms with Crippen LogP contribution >= 0.6 is 0 Å². The second-order valence-electron chi connectivity index (χ2n) is 5.92. The number of fused-ring (bicyclic) bond motifs is 2. The molecule has 4 heteroatoms. The summed E-state index contributed by atoms with van der Waals surface area (Å²) in [4.78, 5) is 14.7. The van der Waals surface area contributed by atoms with Gasteiger partial charge in [0.15, 0.2) is 0 Å². The van der Waals surface area contributed by atoms with Crippen molar-refractivity contribution in [2.45, 2.75) is 33.0 Å². The summed E-state index contributed by atoms with van der Waals surface area (Å²) < 4.78 is 11.4. The fourth-order valence-corrected chi connectivity index (χ4v) is 2.97. The van der Waals surface area contributed by atoms with Gasteiger partial charge in [-0.3, -0.25) is 4.79 Å². The van der Waals surface area contributed by atoms with Crippen LogP contribution in [0.3, 0.4) is 0 Å². The van der Waals surface area contributed by atoms with Gasteiger partial charge in [0.2, 0.25) is 0 Å². The summed E-state index contributed by atoms with van der Waals surface area (Å²) >= 11 is 0. The molecule has 1 aromatic rings. The highest BCUT2D eigenvalue weighted by Crippen LogP contribution is 2.47. The van der Waals surface area contributed by atoms with Crippen molar-refractivity contribution < 1.29 is 14.3 Å². The number of hydrogen-bond acceptors (Lipinski definition) is 3. The molecule has 2 aliphatic heterocycles. The number of hydrogen-bond donors (Lipinski definition) is 0. The van der Waals surface area contributed by atoms with Crippen LogP contribution in [0.15, 0.2) is 18.2 Å². The lowest BCUT2D eigenvalue weighted by molar-refractivity contribution is -0.180. The van der Waals surface area contributed by atoms with Gasteiger partial charge >= 0.3 is 0 Å². The Morgan fingerprint density at radius 3 is 2.65 bits per heavy atom. The fraction of sp³-hybridized carbons (Fsp3) is 0.562. The summed E-state index contributed by atoms with van der Waals surface area (Å²) in [7, 11) is 0. The van der Waals surface area contributed by atoms with E-state index in [-0.39, 0.29) is 5.91 Å². The molecule has 1 spiro atoms. The van der Waals surface area contributed by atoms with E-state index in [4.69, 9.17) is 9.47 Å². The lowest BCUT2D eigenvalue weighted by Gasteiger charge is -2.22. The van der Waals surface area contributed by atoms with E-state index >= 15 is 0 Å². The Labute approximate surface area is 119 Å². The Hall–Kier alpha value is -1.39. The monoisotopic (exact) mass is 275 g/mol. The van der Waals surface area contributed by atoms with Crippen molar-refractivity contribution in [3.05, 3.63) is 29.3 Å². The van der Waals surface area contributed by atoms with Crippen LogP contribution in [0.4, 0.5) is 5.69 Å². The number of nitrogens with zero attached hydrogens (tertiary/aromatic N) is 1. The van der Waals surface area contributed by atoms with Crippen molar-refractivity contribution in [3.8, 4) is 0 Å².